The fraction of sp³-hybridized carbons (Fsp3) is 0.350. The average molecular weight is 464 g/mol. The van der Waals surface area contributed by atoms with Gasteiger partial charge in [-0.15, -0.1) is 0 Å². The van der Waals surface area contributed by atoms with Gasteiger partial charge in [0.1, 0.15) is 5.69 Å². The molecule has 1 fully saturated rings. The van der Waals surface area contributed by atoms with Crippen LogP contribution in [0.4, 0.5) is 13.2 Å². The van der Waals surface area contributed by atoms with Gasteiger partial charge in [0.25, 0.3) is 11.8 Å². The van der Waals surface area contributed by atoms with Gasteiger partial charge in [0.05, 0.1) is 19.3 Å². The van der Waals surface area contributed by atoms with Crippen molar-refractivity contribution >= 4 is 11.8 Å². The van der Waals surface area contributed by atoms with Crippen LogP contribution in [0, 0.1) is 0 Å². The van der Waals surface area contributed by atoms with Gasteiger partial charge in [-0.1, -0.05) is 17.3 Å². The summed E-state index contributed by atoms with van der Waals surface area (Å²) in [6.45, 7) is 1.19. The maximum Gasteiger partial charge on any atom is 0.471 e. The van der Waals surface area contributed by atoms with E-state index in [4.69, 9.17) is 4.74 Å². The number of carbonyl (C=O) groups excluding carboxylic acids is 2. The average Bonchev–Trinajstić information content (AvgIpc) is 3.47. The summed E-state index contributed by atoms with van der Waals surface area (Å²) in [5.41, 5.74) is 0.970. The van der Waals surface area contributed by atoms with Gasteiger partial charge in [0.2, 0.25) is 5.82 Å². The van der Waals surface area contributed by atoms with Crippen molar-refractivity contribution in [2.45, 2.75) is 12.2 Å². The Hall–Kier alpha value is -3.74. The van der Waals surface area contributed by atoms with Crippen LogP contribution in [0.3, 0.4) is 0 Å². The van der Waals surface area contributed by atoms with Crippen LogP contribution in [0.25, 0.3) is 11.4 Å². The van der Waals surface area contributed by atoms with Crippen LogP contribution in [0.5, 0.6) is 0 Å². The number of carbonyl (C=O) groups is 2. The molecule has 2 amide bonds. The van der Waals surface area contributed by atoms with Gasteiger partial charge in [-0.2, -0.15) is 23.3 Å². The van der Waals surface area contributed by atoms with Crippen molar-refractivity contribution in [3.8, 4) is 11.4 Å². The summed E-state index contributed by atoms with van der Waals surface area (Å²) in [6, 6.07) is 6.96. The summed E-state index contributed by atoms with van der Waals surface area (Å²) in [7, 11) is 1.67. The molecule has 1 atom stereocenters. The first-order valence-electron chi connectivity index (χ1n) is 9.90. The second kappa shape index (κ2) is 9.02. The van der Waals surface area contributed by atoms with E-state index in [0.29, 0.717) is 18.8 Å². The summed E-state index contributed by atoms with van der Waals surface area (Å²) in [5, 5.41) is 10.1. The highest BCUT2D eigenvalue weighted by Crippen LogP contribution is 2.29. The second-order valence-electron chi connectivity index (χ2n) is 7.28. The van der Waals surface area contributed by atoms with E-state index >= 15 is 0 Å². The molecule has 1 aromatic carbocycles. The predicted octanol–water partition coefficient (Wildman–Crippen LogP) is 1.76. The lowest BCUT2D eigenvalue weighted by Gasteiger charge is -2.35. The van der Waals surface area contributed by atoms with Gasteiger partial charge < -0.3 is 19.5 Å². The molecule has 1 N–H and O–H groups in total. The van der Waals surface area contributed by atoms with Crippen molar-refractivity contribution in [2.24, 2.45) is 7.05 Å². The number of benzene rings is 1. The zero-order valence-electron chi connectivity index (χ0n) is 17.4. The van der Waals surface area contributed by atoms with Crippen molar-refractivity contribution < 1.29 is 32.0 Å². The van der Waals surface area contributed by atoms with Crippen LogP contribution in [0.1, 0.15) is 26.7 Å². The third-order valence-electron chi connectivity index (χ3n) is 5.10. The number of aromatic nitrogens is 4. The highest BCUT2D eigenvalue weighted by molar-refractivity contribution is 5.95. The van der Waals surface area contributed by atoms with Gasteiger partial charge in [0.15, 0.2) is 0 Å². The summed E-state index contributed by atoms with van der Waals surface area (Å²) in [6.07, 6.45) is -3.20. The third-order valence-corrected chi connectivity index (χ3v) is 5.10. The standard InChI is InChI=1S/C20H19F3N6O4/c1-28-15(6-7-25-28)18(31)29-8-9-32-11-14(29)10-24-17(30)13-4-2-12(3-5-13)16-26-19(33-27-16)20(21,22)23/h2-7,14H,8-11H2,1H3,(H,24,30)/t14-/m1/s1. The van der Waals surface area contributed by atoms with E-state index in [9.17, 15) is 22.8 Å². The number of nitrogens with one attached hydrogen (secondary N) is 1. The van der Waals surface area contributed by atoms with Gasteiger partial charge >= 0.3 is 12.1 Å². The summed E-state index contributed by atoms with van der Waals surface area (Å²) >= 11 is 0. The smallest absolute Gasteiger partial charge is 0.377 e. The maximum absolute atomic E-state index is 12.8. The van der Waals surface area contributed by atoms with Crippen molar-refractivity contribution in [1.29, 1.82) is 0 Å². The lowest BCUT2D eigenvalue weighted by Crippen LogP contribution is -2.53. The molecule has 33 heavy (non-hydrogen) atoms. The van der Waals surface area contributed by atoms with Crippen LogP contribution < -0.4 is 5.32 Å². The van der Waals surface area contributed by atoms with Crippen LogP contribution in [-0.2, 0) is 18.0 Å². The second-order valence-corrected chi connectivity index (χ2v) is 7.28. The Kier molecular flexibility index (Phi) is 6.14. The SMILES string of the molecule is Cn1nccc1C(=O)N1CCOC[C@H]1CNC(=O)c1ccc(-c2noc(C(F)(F)F)n2)cc1. The largest absolute Gasteiger partial charge is 0.471 e. The number of ether oxygens (including phenoxy) is 1. The molecule has 2 aromatic heterocycles. The van der Waals surface area contributed by atoms with E-state index in [2.05, 4.69) is 25.1 Å². The molecule has 174 valence electrons. The summed E-state index contributed by atoms with van der Waals surface area (Å²) in [4.78, 5) is 30.4. The lowest BCUT2D eigenvalue weighted by molar-refractivity contribution is -0.159. The highest BCUT2D eigenvalue weighted by atomic mass is 19.4. The molecule has 0 spiro atoms. The van der Waals surface area contributed by atoms with Gasteiger partial charge in [-0.3, -0.25) is 14.3 Å². The molecule has 3 heterocycles. The topological polar surface area (TPSA) is 115 Å². The number of amides is 2. The zero-order valence-corrected chi connectivity index (χ0v) is 17.4. The van der Waals surface area contributed by atoms with Crippen molar-refractivity contribution in [1.82, 2.24) is 30.1 Å². The highest BCUT2D eigenvalue weighted by Gasteiger charge is 2.38. The fourth-order valence-corrected chi connectivity index (χ4v) is 3.36. The Bertz CT molecular complexity index is 1140. The van der Waals surface area contributed by atoms with Crippen LogP contribution in [0.2, 0.25) is 0 Å². The normalized spacial score (nSPS) is 16.6. The van der Waals surface area contributed by atoms with E-state index in [-0.39, 0.29) is 42.1 Å². The molecule has 0 unspecified atom stereocenters. The Morgan fingerprint density at radius 3 is 2.61 bits per heavy atom. The Labute approximate surface area is 185 Å². The molecule has 1 aliphatic rings. The molecule has 10 nitrogen and oxygen atoms in total. The zero-order chi connectivity index (χ0) is 23.6. The van der Waals surface area contributed by atoms with Crippen molar-refractivity contribution in [3.63, 3.8) is 0 Å². The number of aryl methyl sites for hydroxylation is 1. The number of nitrogens with zero attached hydrogens (tertiary/aromatic N) is 5. The number of hydrogen-bond acceptors (Lipinski definition) is 7. The number of morpholine rings is 1. The Balaban J connectivity index is 1.39. The van der Waals surface area contributed by atoms with E-state index in [1.165, 1.54) is 35.1 Å². The number of hydrogen-bond donors (Lipinski definition) is 1. The first kappa shape index (κ1) is 22.5. The van der Waals surface area contributed by atoms with Crippen LogP contribution in [0.15, 0.2) is 41.1 Å². The molecule has 0 aliphatic carbocycles. The van der Waals surface area contributed by atoms with E-state index in [1.54, 1.807) is 18.0 Å². The third kappa shape index (κ3) is 4.87. The van der Waals surface area contributed by atoms with Gasteiger partial charge in [-0.05, 0) is 18.2 Å². The van der Waals surface area contributed by atoms with Crippen LogP contribution in [-0.4, -0.2) is 69.0 Å². The molecule has 3 aromatic rings. The molecular formula is C20H19F3N6O4. The van der Waals surface area contributed by atoms with Crippen molar-refractivity contribution in [2.75, 3.05) is 26.3 Å². The molecule has 1 saturated heterocycles. The number of rotatable bonds is 5. The quantitative estimate of drug-likeness (QED) is 0.612. The van der Waals surface area contributed by atoms with E-state index in [0.717, 1.165) is 0 Å². The Morgan fingerprint density at radius 2 is 1.97 bits per heavy atom. The minimum Gasteiger partial charge on any atom is -0.377 e. The first-order chi connectivity index (χ1) is 15.7. The van der Waals surface area contributed by atoms with E-state index < -0.39 is 18.0 Å². The number of alkyl halides is 3. The molecule has 1 aliphatic heterocycles. The lowest BCUT2D eigenvalue weighted by atomic mass is 10.1. The molecule has 0 bridgehead atoms. The fourth-order valence-electron chi connectivity index (χ4n) is 3.36. The number of halogens is 3. The van der Waals surface area contributed by atoms with Crippen LogP contribution >= 0.6 is 0 Å². The maximum atomic E-state index is 12.8. The molecular weight excluding hydrogens is 445 g/mol. The van der Waals surface area contributed by atoms with Gasteiger partial charge in [0, 0.05) is 37.5 Å². The molecule has 4 rings (SSSR count). The predicted molar refractivity (Wildman–Crippen MR) is 106 cm³/mol. The summed E-state index contributed by atoms with van der Waals surface area (Å²) < 4.78 is 49.0. The molecule has 0 saturated carbocycles. The Morgan fingerprint density at radius 1 is 1.21 bits per heavy atom. The first-order valence-corrected chi connectivity index (χ1v) is 9.90. The van der Waals surface area contributed by atoms with Crippen molar-refractivity contribution in [3.05, 3.63) is 53.7 Å². The minimum atomic E-state index is -4.74. The van der Waals surface area contributed by atoms with E-state index in [1.807, 2.05) is 0 Å². The summed E-state index contributed by atoms with van der Waals surface area (Å²) in [5.74, 6) is -2.30. The molecule has 0 radical (unpaired) electrons. The van der Waals surface area contributed by atoms with Gasteiger partial charge in [-0.25, -0.2) is 0 Å². The minimum absolute atomic E-state index is 0.157. The monoisotopic (exact) mass is 464 g/mol. The molecule has 13 heteroatoms.